The predicted molar refractivity (Wildman–Crippen MR) is 63.2 cm³/mol. The number of rotatable bonds is 5. The lowest BCUT2D eigenvalue weighted by molar-refractivity contribution is -0.116. The number of hydrogen-bond acceptors (Lipinski definition) is 2. The van der Waals surface area contributed by atoms with Crippen molar-refractivity contribution in [3.8, 4) is 0 Å². The van der Waals surface area contributed by atoms with E-state index in [1.165, 1.54) is 4.90 Å². The largest absolute Gasteiger partial charge is 0.281 e. The second-order valence-corrected chi connectivity index (χ2v) is 3.77. The van der Waals surface area contributed by atoms with Crippen LogP contribution < -0.4 is 0 Å². The van der Waals surface area contributed by atoms with Gasteiger partial charge in [-0.25, -0.2) is 0 Å². The summed E-state index contributed by atoms with van der Waals surface area (Å²) < 4.78 is 0. The molecular weight excluding hydrogens is 202 g/mol. The van der Waals surface area contributed by atoms with Crippen LogP contribution >= 0.6 is 0 Å². The van der Waals surface area contributed by atoms with Gasteiger partial charge in [0.25, 0.3) is 5.91 Å². The van der Waals surface area contributed by atoms with Gasteiger partial charge >= 0.3 is 0 Å². The zero-order valence-corrected chi connectivity index (χ0v) is 9.77. The summed E-state index contributed by atoms with van der Waals surface area (Å²) >= 11 is 0. The Bertz CT molecular complexity index is 374. The van der Waals surface area contributed by atoms with Gasteiger partial charge in [-0.1, -0.05) is 31.5 Å². The van der Waals surface area contributed by atoms with E-state index in [9.17, 15) is 9.59 Å². The summed E-state index contributed by atoms with van der Waals surface area (Å²) in [6, 6.07) is 7.31. The molecule has 0 fully saturated rings. The Labute approximate surface area is 96.1 Å². The summed E-state index contributed by atoms with van der Waals surface area (Å²) in [5, 5.41) is 0. The Morgan fingerprint density at radius 2 is 2.06 bits per heavy atom. The number of benzene rings is 1. The van der Waals surface area contributed by atoms with Crippen molar-refractivity contribution in [2.75, 3.05) is 6.54 Å². The van der Waals surface area contributed by atoms with Gasteiger partial charge in [0.1, 0.15) is 0 Å². The number of carbonyl (C=O) groups excluding carboxylic acids is 2. The molecule has 3 heteroatoms. The predicted octanol–water partition coefficient (Wildman–Crippen LogP) is 2.39. The molecule has 0 atom stereocenters. The third-order valence-corrected chi connectivity index (χ3v) is 2.52. The smallest absolute Gasteiger partial charge is 0.260 e. The maximum Gasteiger partial charge on any atom is 0.260 e. The fraction of sp³-hybridized carbons (Fsp3) is 0.385. The van der Waals surface area contributed by atoms with Crippen molar-refractivity contribution >= 4 is 12.3 Å². The van der Waals surface area contributed by atoms with Gasteiger partial charge in [-0.2, -0.15) is 0 Å². The summed E-state index contributed by atoms with van der Waals surface area (Å²) in [5.41, 5.74) is 1.50. The summed E-state index contributed by atoms with van der Waals surface area (Å²) in [5.74, 6) is -0.207. The van der Waals surface area contributed by atoms with E-state index in [1.54, 1.807) is 6.07 Å². The summed E-state index contributed by atoms with van der Waals surface area (Å²) in [7, 11) is 0. The average molecular weight is 219 g/mol. The van der Waals surface area contributed by atoms with Crippen molar-refractivity contribution in [2.45, 2.75) is 26.7 Å². The lowest BCUT2D eigenvalue weighted by Gasteiger charge is -2.16. The summed E-state index contributed by atoms with van der Waals surface area (Å²) in [6.07, 6.45) is 2.42. The SMILES string of the molecule is CCCCN(C=O)C(=O)c1ccccc1C. The number of unbranched alkanes of at least 4 members (excludes halogenated alkanes) is 1. The van der Waals surface area contributed by atoms with Crippen LogP contribution in [0.2, 0.25) is 0 Å². The van der Waals surface area contributed by atoms with Crippen molar-refractivity contribution < 1.29 is 9.59 Å². The fourth-order valence-corrected chi connectivity index (χ4v) is 1.50. The number of nitrogens with zero attached hydrogens (tertiary/aromatic N) is 1. The third kappa shape index (κ3) is 2.92. The van der Waals surface area contributed by atoms with Crippen LogP contribution in [0.1, 0.15) is 35.7 Å². The maximum atomic E-state index is 12.0. The van der Waals surface area contributed by atoms with E-state index in [2.05, 4.69) is 0 Å². The second-order valence-electron chi connectivity index (χ2n) is 3.77. The third-order valence-electron chi connectivity index (χ3n) is 2.52. The average Bonchev–Trinajstić information content (AvgIpc) is 2.30. The molecule has 0 bridgehead atoms. The highest BCUT2D eigenvalue weighted by atomic mass is 16.2. The highest BCUT2D eigenvalue weighted by Gasteiger charge is 2.15. The highest BCUT2D eigenvalue weighted by Crippen LogP contribution is 2.10. The van der Waals surface area contributed by atoms with Gasteiger partial charge < -0.3 is 0 Å². The van der Waals surface area contributed by atoms with E-state index in [0.717, 1.165) is 18.4 Å². The molecule has 1 aromatic rings. The van der Waals surface area contributed by atoms with Gasteiger partial charge in [-0.3, -0.25) is 14.5 Å². The van der Waals surface area contributed by atoms with Crippen molar-refractivity contribution in [3.63, 3.8) is 0 Å². The van der Waals surface area contributed by atoms with E-state index >= 15 is 0 Å². The van der Waals surface area contributed by atoms with Crippen LogP contribution in [0.15, 0.2) is 24.3 Å². The van der Waals surface area contributed by atoms with Crippen molar-refractivity contribution in [2.24, 2.45) is 0 Å². The van der Waals surface area contributed by atoms with Crippen LogP contribution in [0.25, 0.3) is 0 Å². The second kappa shape index (κ2) is 6.05. The number of aryl methyl sites for hydroxylation is 1. The molecule has 0 aromatic heterocycles. The Morgan fingerprint density at radius 3 is 2.62 bits per heavy atom. The lowest BCUT2D eigenvalue weighted by atomic mass is 10.1. The number of carbonyl (C=O) groups is 2. The molecule has 0 saturated heterocycles. The van der Waals surface area contributed by atoms with Crippen LogP contribution in [0.4, 0.5) is 0 Å². The molecule has 0 heterocycles. The van der Waals surface area contributed by atoms with Gasteiger partial charge in [0.15, 0.2) is 0 Å². The highest BCUT2D eigenvalue weighted by molar-refractivity contribution is 6.00. The Hall–Kier alpha value is -1.64. The molecule has 0 unspecified atom stereocenters. The summed E-state index contributed by atoms with van der Waals surface area (Å²) in [4.78, 5) is 24.1. The Kier molecular flexibility index (Phi) is 4.70. The van der Waals surface area contributed by atoms with Crippen LogP contribution in [-0.2, 0) is 4.79 Å². The molecule has 2 amide bonds. The number of amides is 2. The van der Waals surface area contributed by atoms with E-state index in [-0.39, 0.29) is 5.91 Å². The van der Waals surface area contributed by atoms with Crippen molar-refractivity contribution in [1.29, 1.82) is 0 Å². The maximum absolute atomic E-state index is 12.0. The molecule has 0 radical (unpaired) electrons. The van der Waals surface area contributed by atoms with Gasteiger partial charge in [-0.15, -0.1) is 0 Å². The first kappa shape index (κ1) is 12.4. The van der Waals surface area contributed by atoms with Crippen molar-refractivity contribution in [3.05, 3.63) is 35.4 Å². The minimum atomic E-state index is -0.207. The fourth-order valence-electron chi connectivity index (χ4n) is 1.50. The van der Waals surface area contributed by atoms with Gasteiger partial charge in [0.2, 0.25) is 6.41 Å². The van der Waals surface area contributed by atoms with Crippen molar-refractivity contribution in [1.82, 2.24) is 4.90 Å². The number of imide groups is 1. The molecule has 1 aromatic carbocycles. The van der Waals surface area contributed by atoms with E-state index in [0.29, 0.717) is 18.5 Å². The standard InChI is InChI=1S/C13H17NO2/c1-3-4-9-14(10-15)13(16)12-8-6-5-7-11(12)2/h5-8,10H,3-4,9H2,1-2H3. The molecule has 0 saturated carbocycles. The first-order chi connectivity index (χ1) is 7.70. The van der Waals surface area contributed by atoms with Crippen LogP contribution in [-0.4, -0.2) is 23.8 Å². The van der Waals surface area contributed by atoms with Gasteiger partial charge in [0, 0.05) is 12.1 Å². The molecule has 3 nitrogen and oxygen atoms in total. The first-order valence-electron chi connectivity index (χ1n) is 5.52. The molecule has 1 rings (SSSR count). The Balaban J connectivity index is 2.83. The van der Waals surface area contributed by atoms with E-state index < -0.39 is 0 Å². The molecule has 86 valence electrons. The van der Waals surface area contributed by atoms with E-state index in [1.807, 2.05) is 32.0 Å². The van der Waals surface area contributed by atoms with Gasteiger partial charge in [-0.05, 0) is 25.0 Å². The van der Waals surface area contributed by atoms with E-state index in [4.69, 9.17) is 0 Å². The quantitative estimate of drug-likeness (QED) is 0.713. The topological polar surface area (TPSA) is 37.4 Å². The van der Waals surface area contributed by atoms with Crippen LogP contribution in [0.3, 0.4) is 0 Å². The molecule has 0 spiro atoms. The zero-order valence-electron chi connectivity index (χ0n) is 9.77. The van der Waals surface area contributed by atoms with Crippen LogP contribution in [0.5, 0.6) is 0 Å². The first-order valence-corrected chi connectivity index (χ1v) is 5.52. The zero-order chi connectivity index (χ0) is 12.0. The normalized spacial score (nSPS) is 9.88. The minimum Gasteiger partial charge on any atom is -0.281 e. The lowest BCUT2D eigenvalue weighted by Crippen LogP contribution is -2.31. The Morgan fingerprint density at radius 1 is 1.38 bits per heavy atom. The molecule has 16 heavy (non-hydrogen) atoms. The number of hydrogen-bond donors (Lipinski definition) is 0. The molecule has 0 aliphatic rings. The molecule has 0 aliphatic heterocycles. The molecular formula is C13H17NO2. The molecule has 0 aliphatic carbocycles. The monoisotopic (exact) mass is 219 g/mol. The summed E-state index contributed by atoms with van der Waals surface area (Å²) in [6.45, 7) is 4.39. The van der Waals surface area contributed by atoms with Gasteiger partial charge in [0.05, 0.1) is 0 Å². The van der Waals surface area contributed by atoms with Crippen LogP contribution in [0, 0.1) is 6.92 Å². The minimum absolute atomic E-state index is 0.207. The molecule has 0 N–H and O–H groups in total.